The minimum Gasteiger partial charge on any atom is -0.440 e. The molecule has 2 aromatic heterocycles. The van der Waals surface area contributed by atoms with Gasteiger partial charge in [-0.2, -0.15) is 0 Å². The van der Waals surface area contributed by atoms with E-state index in [9.17, 15) is 9.59 Å². The molecule has 2 fully saturated rings. The van der Waals surface area contributed by atoms with Gasteiger partial charge in [-0.15, -0.1) is 0 Å². The van der Waals surface area contributed by atoms with Gasteiger partial charge in [-0.05, 0) is 57.0 Å². The summed E-state index contributed by atoms with van der Waals surface area (Å²) >= 11 is 0. The number of para-hydroxylation sites is 2. The molecule has 3 aromatic rings. The Balaban J connectivity index is 1.16. The Hall–Kier alpha value is -2.93. The van der Waals surface area contributed by atoms with E-state index in [1.807, 2.05) is 29.2 Å². The standard InChI is InChI=1S/C23H26N4O3/c28-20(17-13-19(24-14-17)23(29)27-9-3-4-10-27)15-26-11-7-16(8-12-26)22-25-18-5-1-2-6-21(18)30-22/h1-2,5-6,13-14,16,24H,3-4,7-12,15H2. The zero-order valence-corrected chi connectivity index (χ0v) is 17.0. The summed E-state index contributed by atoms with van der Waals surface area (Å²) in [5.74, 6) is 1.14. The minimum atomic E-state index is -0.00861. The lowest BCUT2D eigenvalue weighted by atomic mass is 9.96. The summed E-state index contributed by atoms with van der Waals surface area (Å²) in [5, 5.41) is 0. The number of nitrogens with zero attached hydrogens (tertiary/aromatic N) is 3. The number of carbonyl (C=O) groups is 2. The Morgan fingerprint density at radius 2 is 1.87 bits per heavy atom. The van der Waals surface area contributed by atoms with Gasteiger partial charge in [0.25, 0.3) is 5.91 Å². The first-order chi connectivity index (χ1) is 14.7. The van der Waals surface area contributed by atoms with Crippen molar-refractivity contribution in [2.24, 2.45) is 0 Å². The summed E-state index contributed by atoms with van der Waals surface area (Å²) in [5.41, 5.74) is 2.82. The van der Waals surface area contributed by atoms with E-state index in [0.717, 1.165) is 68.9 Å². The fourth-order valence-corrected chi connectivity index (χ4v) is 4.47. The molecule has 7 nitrogen and oxygen atoms in total. The number of Topliss-reactive ketones (excluding diaryl/α,β-unsaturated/α-hetero) is 1. The number of carbonyl (C=O) groups excluding carboxylic acids is 2. The molecule has 2 aliphatic heterocycles. The zero-order valence-electron chi connectivity index (χ0n) is 17.0. The number of likely N-dealkylation sites (tertiary alicyclic amines) is 2. The summed E-state index contributed by atoms with van der Waals surface area (Å²) in [6, 6.07) is 9.54. The van der Waals surface area contributed by atoms with E-state index in [1.54, 1.807) is 12.3 Å². The van der Waals surface area contributed by atoms with Gasteiger partial charge in [-0.1, -0.05) is 12.1 Å². The maximum Gasteiger partial charge on any atom is 0.270 e. The molecule has 0 saturated carbocycles. The summed E-state index contributed by atoms with van der Waals surface area (Å²) < 4.78 is 5.92. The highest BCUT2D eigenvalue weighted by atomic mass is 16.3. The number of fused-ring (bicyclic) bond motifs is 1. The van der Waals surface area contributed by atoms with E-state index < -0.39 is 0 Å². The van der Waals surface area contributed by atoms with Crippen LogP contribution in [0.4, 0.5) is 0 Å². The number of ketones is 1. The van der Waals surface area contributed by atoms with Gasteiger partial charge < -0.3 is 14.3 Å². The van der Waals surface area contributed by atoms with E-state index in [-0.39, 0.29) is 11.7 Å². The first-order valence-electron chi connectivity index (χ1n) is 10.8. The number of oxazole rings is 1. The molecule has 1 aromatic carbocycles. The molecule has 5 rings (SSSR count). The van der Waals surface area contributed by atoms with E-state index >= 15 is 0 Å². The molecule has 0 unspecified atom stereocenters. The Labute approximate surface area is 175 Å². The maximum atomic E-state index is 12.7. The molecule has 30 heavy (non-hydrogen) atoms. The number of hydrogen-bond donors (Lipinski definition) is 1. The zero-order chi connectivity index (χ0) is 20.5. The number of piperidine rings is 1. The third-order valence-corrected chi connectivity index (χ3v) is 6.24. The fraction of sp³-hybridized carbons (Fsp3) is 0.435. The molecule has 2 aliphatic rings. The second-order valence-corrected chi connectivity index (χ2v) is 8.29. The number of amides is 1. The molecular formula is C23H26N4O3. The third-order valence-electron chi connectivity index (χ3n) is 6.24. The molecule has 2 saturated heterocycles. The number of rotatable bonds is 5. The van der Waals surface area contributed by atoms with E-state index in [4.69, 9.17) is 4.42 Å². The van der Waals surface area contributed by atoms with Crippen LogP contribution in [0, 0.1) is 0 Å². The summed E-state index contributed by atoms with van der Waals surface area (Å²) in [6.07, 6.45) is 5.62. The largest absolute Gasteiger partial charge is 0.440 e. The second-order valence-electron chi connectivity index (χ2n) is 8.29. The van der Waals surface area contributed by atoms with Gasteiger partial charge in [0, 0.05) is 30.8 Å². The van der Waals surface area contributed by atoms with Crippen molar-refractivity contribution < 1.29 is 14.0 Å². The van der Waals surface area contributed by atoms with Crippen LogP contribution < -0.4 is 0 Å². The monoisotopic (exact) mass is 406 g/mol. The van der Waals surface area contributed by atoms with Crippen molar-refractivity contribution in [1.29, 1.82) is 0 Å². The van der Waals surface area contributed by atoms with E-state index in [0.29, 0.717) is 23.7 Å². The minimum absolute atomic E-state index is 0.00861. The molecule has 156 valence electrons. The van der Waals surface area contributed by atoms with Gasteiger partial charge in [0.15, 0.2) is 17.3 Å². The van der Waals surface area contributed by atoms with Crippen LogP contribution in [0.1, 0.15) is 58.3 Å². The second kappa shape index (κ2) is 8.07. The Kier molecular flexibility index (Phi) is 5.12. The molecular weight excluding hydrogens is 380 g/mol. The molecule has 0 aliphatic carbocycles. The number of H-pyrrole nitrogens is 1. The fourth-order valence-electron chi connectivity index (χ4n) is 4.47. The van der Waals surface area contributed by atoms with Crippen molar-refractivity contribution in [2.45, 2.75) is 31.6 Å². The van der Waals surface area contributed by atoms with Crippen LogP contribution in [0.5, 0.6) is 0 Å². The molecule has 0 bridgehead atoms. The van der Waals surface area contributed by atoms with Crippen LogP contribution in [-0.4, -0.2) is 64.2 Å². The van der Waals surface area contributed by atoms with Crippen LogP contribution in [0.2, 0.25) is 0 Å². The van der Waals surface area contributed by atoms with E-state index in [2.05, 4.69) is 14.9 Å². The van der Waals surface area contributed by atoms with Gasteiger partial charge in [0.2, 0.25) is 0 Å². The highest BCUT2D eigenvalue weighted by molar-refractivity contribution is 6.01. The Morgan fingerprint density at radius 3 is 2.63 bits per heavy atom. The summed E-state index contributed by atoms with van der Waals surface area (Å²) in [7, 11) is 0. The maximum absolute atomic E-state index is 12.7. The molecule has 4 heterocycles. The van der Waals surface area contributed by atoms with Crippen molar-refractivity contribution >= 4 is 22.8 Å². The van der Waals surface area contributed by atoms with Crippen LogP contribution in [0.25, 0.3) is 11.1 Å². The first kappa shape index (κ1) is 19.1. The number of nitrogens with one attached hydrogen (secondary N) is 1. The van der Waals surface area contributed by atoms with Crippen molar-refractivity contribution in [1.82, 2.24) is 19.8 Å². The van der Waals surface area contributed by atoms with E-state index in [1.165, 1.54) is 0 Å². The molecule has 0 spiro atoms. The van der Waals surface area contributed by atoms with Crippen LogP contribution >= 0.6 is 0 Å². The average molecular weight is 406 g/mol. The van der Waals surface area contributed by atoms with Crippen LogP contribution in [0.15, 0.2) is 40.9 Å². The average Bonchev–Trinajstić information content (AvgIpc) is 3.54. The lowest BCUT2D eigenvalue weighted by Crippen LogP contribution is -2.36. The molecule has 7 heteroatoms. The van der Waals surface area contributed by atoms with Gasteiger partial charge in [-0.3, -0.25) is 14.5 Å². The van der Waals surface area contributed by atoms with Crippen molar-refractivity contribution in [3.8, 4) is 0 Å². The normalized spacial score (nSPS) is 18.3. The van der Waals surface area contributed by atoms with Crippen LogP contribution in [-0.2, 0) is 0 Å². The van der Waals surface area contributed by atoms with Gasteiger partial charge >= 0.3 is 0 Å². The first-order valence-corrected chi connectivity index (χ1v) is 10.8. The highest BCUT2D eigenvalue weighted by Crippen LogP contribution is 2.30. The van der Waals surface area contributed by atoms with Crippen molar-refractivity contribution in [3.63, 3.8) is 0 Å². The number of hydrogen-bond acceptors (Lipinski definition) is 5. The number of aromatic amines is 1. The predicted molar refractivity (Wildman–Crippen MR) is 113 cm³/mol. The topological polar surface area (TPSA) is 82.4 Å². The van der Waals surface area contributed by atoms with Crippen molar-refractivity contribution in [3.05, 3.63) is 53.7 Å². The Morgan fingerprint density at radius 1 is 1.10 bits per heavy atom. The predicted octanol–water partition coefficient (Wildman–Crippen LogP) is 3.45. The van der Waals surface area contributed by atoms with Gasteiger partial charge in [0.1, 0.15) is 11.2 Å². The number of aromatic nitrogens is 2. The molecule has 0 atom stereocenters. The SMILES string of the molecule is O=C(CN1CCC(c2nc3ccccc3o2)CC1)c1c[nH]c(C(=O)N2CCCC2)c1. The highest BCUT2D eigenvalue weighted by Gasteiger charge is 2.27. The lowest BCUT2D eigenvalue weighted by Gasteiger charge is -2.29. The quantitative estimate of drug-likeness (QED) is 0.656. The number of benzene rings is 1. The smallest absolute Gasteiger partial charge is 0.270 e. The van der Waals surface area contributed by atoms with Gasteiger partial charge in [-0.25, -0.2) is 4.98 Å². The molecule has 0 radical (unpaired) electrons. The Bertz CT molecular complexity index is 1020. The van der Waals surface area contributed by atoms with Crippen molar-refractivity contribution in [2.75, 3.05) is 32.7 Å². The van der Waals surface area contributed by atoms with Gasteiger partial charge in [0.05, 0.1) is 6.54 Å². The molecule has 1 amide bonds. The lowest BCUT2D eigenvalue weighted by molar-refractivity contribution is 0.0787. The molecule has 1 N–H and O–H groups in total. The third kappa shape index (κ3) is 3.77. The summed E-state index contributed by atoms with van der Waals surface area (Å²) in [6.45, 7) is 3.64. The van der Waals surface area contributed by atoms with Crippen LogP contribution in [0.3, 0.4) is 0 Å². The summed E-state index contributed by atoms with van der Waals surface area (Å²) in [4.78, 5) is 36.8.